The van der Waals surface area contributed by atoms with E-state index in [0.717, 1.165) is 4.90 Å². The summed E-state index contributed by atoms with van der Waals surface area (Å²) >= 11 is 1.68. The van der Waals surface area contributed by atoms with Gasteiger partial charge in [0.15, 0.2) is 9.84 Å². The Bertz CT molecular complexity index is 1210. The third kappa shape index (κ3) is 6.50. The van der Waals surface area contributed by atoms with E-state index in [0.29, 0.717) is 24.4 Å². The van der Waals surface area contributed by atoms with Gasteiger partial charge in [0.2, 0.25) is 5.91 Å². The van der Waals surface area contributed by atoms with Crippen molar-refractivity contribution in [3.8, 4) is 0 Å². The van der Waals surface area contributed by atoms with Gasteiger partial charge in [-0.05, 0) is 79.9 Å². The summed E-state index contributed by atoms with van der Waals surface area (Å²) in [5.41, 5.74) is 3.24. The van der Waals surface area contributed by atoms with Crippen molar-refractivity contribution >= 4 is 33.2 Å². The fourth-order valence-electron chi connectivity index (χ4n) is 3.88. The van der Waals surface area contributed by atoms with E-state index in [1.165, 1.54) is 16.0 Å². The second kappa shape index (κ2) is 10.2. The number of benzene rings is 2. The van der Waals surface area contributed by atoms with E-state index in [1.807, 2.05) is 35.2 Å². The van der Waals surface area contributed by atoms with Gasteiger partial charge >= 0.3 is 0 Å². The smallest absolute Gasteiger partial charge is 0.238 e. The summed E-state index contributed by atoms with van der Waals surface area (Å²) in [6.07, 6.45) is 2.11. The molecule has 1 aliphatic heterocycles. The van der Waals surface area contributed by atoms with Gasteiger partial charge in [-0.25, -0.2) is 8.42 Å². The molecule has 1 aliphatic rings. The third-order valence-corrected chi connectivity index (χ3v) is 8.61. The average Bonchev–Trinajstić information content (AvgIpc) is 3.41. The van der Waals surface area contributed by atoms with Crippen LogP contribution in [0.3, 0.4) is 0 Å². The molecule has 0 saturated carbocycles. The van der Waals surface area contributed by atoms with Crippen LogP contribution in [0.15, 0.2) is 75.1 Å². The molecule has 1 atom stereocenters. The first-order valence-electron chi connectivity index (χ1n) is 10.9. The Kier molecular flexibility index (Phi) is 7.26. The van der Waals surface area contributed by atoms with Crippen LogP contribution in [0.2, 0.25) is 0 Å². The number of sulfone groups is 1. The Morgan fingerprint density at radius 3 is 2.48 bits per heavy atom. The zero-order chi connectivity index (χ0) is 23.4. The Morgan fingerprint density at radius 1 is 1.09 bits per heavy atom. The van der Waals surface area contributed by atoms with Crippen LogP contribution < -0.4 is 5.32 Å². The van der Waals surface area contributed by atoms with E-state index >= 15 is 0 Å². The summed E-state index contributed by atoms with van der Waals surface area (Å²) in [6.45, 7) is 4.70. The van der Waals surface area contributed by atoms with Gasteiger partial charge in [0, 0.05) is 21.5 Å². The van der Waals surface area contributed by atoms with E-state index in [4.69, 9.17) is 4.42 Å². The van der Waals surface area contributed by atoms with Gasteiger partial charge in [-0.2, -0.15) is 0 Å². The minimum atomic E-state index is -3.06. The van der Waals surface area contributed by atoms with E-state index in [-0.39, 0.29) is 30.0 Å². The van der Waals surface area contributed by atoms with Crippen LogP contribution in [0.4, 0.5) is 5.69 Å². The Hall–Kier alpha value is -2.55. The van der Waals surface area contributed by atoms with E-state index in [9.17, 15) is 13.2 Å². The highest BCUT2D eigenvalue weighted by molar-refractivity contribution is 7.99. The number of hydrogen-bond donors (Lipinski definition) is 1. The molecule has 1 fully saturated rings. The molecular weight excluding hydrogens is 456 g/mol. The lowest BCUT2D eigenvalue weighted by Gasteiger charge is -2.26. The number of carbonyl (C=O) groups excluding carboxylic acids is 1. The topological polar surface area (TPSA) is 79.6 Å². The highest BCUT2D eigenvalue weighted by Crippen LogP contribution is 2.30. The summed E-state index contributed by atoms with van der Waals surface area (Å²) in [6, 6.07) is 17.6. The molecule has 8 heteroatoms. The van der Waals surface area contributed by atoms with Gasteiger partial charge in [0.05, 0.1) is 30.9 Å². The fourth-order valence-corrected chi connectivity index (χ4v) is 6.56. The lowest BCUT2D eigenvalue weighted by molar-refractivity contribution is -0.118. The van der Waals surface area contributed by atoms with Crippen LogP contribution in [0.1, 0.15) is 23.3 Å². The zero-order valence-electron chi connectivity index (χ0n) is 18.8. The predicted molar refractivity (Wildman–Crippen MR) is 131 cm³/mol. The van der Waals surface area contributed by atoms with Gasteiger partial charge in [0.25, 0.3) is 0 Å². The van der Waals surface area contributed by atoms with Crippen molar-refractivity contribution in [3.05, 3.63) is 77.7 Å². The average molecular weight is 485 g/mol. The molecule has 3 aromatic rings. The summed E-state index contributed by atoms with van der Waals surface area (Å²) in [4.78, 5) is 16.9. The predicted octanol–water partition coefficient (Wildman–Crippen LogP) is 4.68. The summed E-state index contributed by atoms with van der Waals surface area (Å²) in [7, 11) is -3.06. The number of carbonyl (C=O) groups is 1. The second-order valence-corrected chi connectivity index (χ2v) is 11.8. The lowest BCUT2D eigenvalue weighted by Crippen LogP contribution is -2.41. The van der Waals surface area contributed by atoms with Crippen molar-refractivity contribution in [1.29, 1.82) is 0 Å². The SMILES string of the molecule is Cc1ccc(Sc2ccc(NC(=O)CN(Cc3ccco3)C3CCS(=O)(=O)C3)cc2)cc1C. The van der Waals surface area contributed by atoms with Crippen LogP contribution in [-0.4, -0.2) is 43.3 Å². The normalized spacial score (nSPS) is 17.4. The van der Waals surface area contributed by atoms with Gasteiger partial charge in [-0.15, -0.1) is 0 Å². The number of nitrogens with zero attached hydrogens (tertiary/aromatic N) is 1. The maximum atomic E-state index is 12.8. The first-order valence-corrected chi connectivity index (χ1v) is 13.5. The number of hydrogen-bond acceptors (Lipinski definition) is 6. The third-order valence-electron chi connectivity index (χ3n) is 5.86. The largest absolute Gasteiger partial charge is 0.468 e. The molecule has 6 nitrogen and oxygen atoms in total. The number of aryl methyl sites for hydroxylation is 2. The summed E-state index contributed by atoms with van der Waals surface area (Å²) in [5.74, 6) is 0.763. The molecule has 33 heavy (non-hydrogen) atoms. The maximum absolute atomic E-state index is 12.8. The minimum Gasteiger partial charge on any atom is -0.468 e. The highest BCUT2D eigenvalue weighted by atomic mass is 32.2. The number of nitrogens with one attached hydrogen (secondary N) is 1. The van der Waals surface area contributed by atoms with Crippen molar-refractivity contribution in [1.82, 2.24) is 4.90 Å². The molecule has 2 heterocycles. The van der Waals surface area contributed by atoms with Crippen LogP contribution in [0, 0.1) is 13.8 Å². The molecule has 174 valence electrons. The Labute approximate surface area is 199 Å². The Morgan fingerprint density at radius 2 is 1.85 bits per heavy atom. The number of furan rings is 1. The van der Waals surface area contributed by atoms with Crippen molar-refractivity contribution in [2.75, 3.05) is 23.4 Å². The molecule has 4 rings (SSSR count). The molecule has 1 saturated heterocycles. The van der Waals surface area contributed by atoms with Crippen LogP contribution in [0.25, 0.3) is 0 Å². The number of amides is 1. The summed E-state index contributed by atoms with van der Waals surface area (Å²) in [5, 5.41) is 2.93. The standard InChI is InChI=1S/C25H28N2O4S2/c1-18-5-8-24(14-19(18)2)32-23-9-6-20(7-10-23)26-25(28)16-27(15-22-4-3-12-31-22)21-11-13-33(29,30)17-21/h3-10,12,14,21H,11,13,15-17H2,1-2H3,(H,26,28). The second-order valence-electron chi connectivity index (χ2n) is 8.46. The van der Waals surface area contributed by atoms with E-state index in [1.54, 1.807) is 24.1 Å². The summed E-state index contributed by atoms with van der Waals surface area (Å²) < 4.78 is 29.4. The molecule has 0 bridgehead atoms. The minimum absolute atomic E-state index is 0.0748. The molecule has 1 amide bonds. The van der Waals surface area contributed by atoms with Gasteiger partial charge in [-0.3, -0.25) is 9.69 Å². The number of rotatable bonds is 8. The maximum Gasteiger partial charge on any atom is 0.238 e. The molecule has 1 N–H and O–H groups in total. The quantitative estimate of drug-likeness (QED) is 0.500. The van der Waals surface area contributed by atoms with Crippen LogP contribution >= 0.6 is 11.8 Å². The first-order chi connectivity index (χ1) is 15.8. The number of anilines is 1. The van der Waals surface area contributed by atoms with E-state index in [2.05, 4.69) is 37.4 Å². The molecule has 1 unspecified atom stereocenters. The first kappa shape index (κ1) is 23.6. The van der Waals surface area contributed by atoms with Crippen molar-refractivity contribution < 1.29 is 17.6 Å². The van der Waals surface area contributed by atoms with Crippen LogP contribution in [0.5, 0.6) is 0 Å². The lowest BCUT2D eigenvalue weighted by atomic mass is 10.1. The molecular formula is C25H28N2O4S2. The molecule has 0 radical (unpaired) electrons. The van der Waals surface area contributed by atoms with Gasteiger partial charge < -0.3 is 9.73 Å². The van der Waals surface area contributed by atoms with Gasteiger partial charge in [-0.1, -0.05) is 17.8 Å². The van der Waals surface area contributed by atoms with Crippen molar-refractivity contribution in [2.45, 2.75) is 42.6 Å². The fraction of sp³-hybridized carbons (Fsp3) is 0.320. The van der Waals surface area contributed by atoms with Crippen molar-refractivity contribution in [3.63, 3.8) is 0 Å². The molecule has 1 aromatic heterocycles. The molecule has 0 aliphatic carbocycles. The van der Waals surface area contributed by atoms with E-state index < -0.39 is 9.84 Å². The molecule has 2 aromatic carbocycles. The molecule has 0 spiro atoms. The monoisotopic (exact) mass is 484 g/mol. The Balaban J connectivity index is 1.38. The van der Waals surface area contributed by atoms with Gasteiger partial charge in [0.1, 0.15) is 5.76 Å². The highest BCUT2D eigenvalue weighted by Gasteiger charge is 2.33. The zero-order valence-corrected chi connectivity index (χ0v) is 20.4. The van der Waals surface area contributed by atoms with Crippen molar-refractivity contribution in [2.24, 2.45) is 0 Å². The van der Waals surface area contributed by atoms with Crippen LogP contribution in [-0.2, 0) is 21.2 Å².